The molecule has 1 aromatic rings. The molecule has 1 atom stereocenters. The van der Waals surface area contributed by atoms with Crippen molar-refractivity contribution in [2.24, 2.45) is 5.73 Å². The van der Waals surface area contributed by atoms with Gasteiger partial charge in [-0.1, -0.05) is 6.92 Å². The minimum absolute atomic E-state index is 0.162. The lowest BCUT2D eigenvalue weighted by Gasteiger charge is -2.06. The Morgan fingerprint density at radius 2 is 2.32 bits per heavy atom. The molecule has 19 heavy (non-hydrogen) atoms. The fraction of sp³-hybridized carbons (Fsp3) is 0.667. The summed E-state index contributed by atoms with van der Waals surface area (Å²) in [5, 5.41) is 6.94. The van der Waals surface area contributed by atoms with Crippen LogP contribution in [0.15, 0.2) is 6.20 Å². The highest BCUT2D eigenvalue weighted by Gasteiger charge is 2.13. The van der Waals surface area contributed by atoms with Crippen LogP contribution in [-0.2, 0) is 17.3 Å². The molecular weight excluding hydrogens is 264 g/mol. The molecule has 1 heterocycles. The first kappa shape index (κ1) is 15.8. The van der Waals surface area contributed by atoms with Crippen molar-refractivity contribution in [2.45, 2.75) is 26.8 Å². The average Bonchev–Trinajstić information content (AvgIpc) is 2.77. The number of nitrogens with zero attached hydrogens (tertiary/aromatic N) is 2. The Morgan fingerprint density at radius 3 is 2.95 bits per heavy atom. The summed E-state index contributed by atoms with van der Waals surface area (Å²) in [6.45, 7) is 5.47. The van der Waals surface area contributed by atoms with Gasteiger partial charge in [-0.25, -0.2) is 0 Å². The number of aryl methyl sites for hydroxylation is 1. The van der Waals surface area contributed by atoms with Crippen LogP contribution < -0.4 is 11.1 Å². The molecule has 0 saturated heterocycles. The molecule has 0 saturated carbocycles. The van der Waals surface area contributed by atoms with E-state index in [-0.39, 0.29) is 5.91 Å². The zero-order valence-corrected chi connectivity index (χ0v) is 12.3. The number of nitrogens with one attached hydrogen (secondary N) is 1. The minimum Gasteiger partial charge on any atom is -0.351 e. The first-order chi connectivity index (χ1) is 9.10. The van der Waals surface area contributed by atoms with Crippen LogP contribution in [0.4, 0.5) is 0 Å². The van der Waals surface area contributed by atoms with Gasteiger partial charge in [-0.15, -0.1) is 0 Å². The van der Waals surface area contributed by atoms with Gasteiger partial charge in [0.2, 0.25) is 0 Å². The maximum Gasteiger partial charge on any atom is 0.254 e. The number of hydrogen-bond donors (Lipinski definition) is 2. The van der Waals surface area contributed by atoms with E-state index >= 15 is 0 Å². The van der Waals surface area contributed by atoms with Gasteiger partial charge < -0.3 is 11.1 Å². The molecule has 108 valence electrons. The zero-order chi connectivity index (χ0) is 14.3. The molecule has 6 nitrogen and oxygen atoms in total. The molecule has 1 aromatic heterocycles. The van der Waals surface area contributed by atoms with E-state index in [1.807, 2.05) is 13.8 Å². The quantitative estimate of drug-likeness (QED) is 0.706. The van der Waals surface area contributed by atoms with Gasteiger partial charge in [-0.05, 0) is 19.9 Å². The average molecular weight is 286 g/mol. The third-order valence-electron chi connectivity index (χ3n) is 2.86. The van der Waals surface area contributed by atoms with Gasteiger partial charge in [0.05, 0.1) is 11.8 Å². The number of amides is 1. The Hall–Kier alpha value is -1.21. The summed E-state index contributed by atoms with van der Waals surface area (Å²) in [4.78, 5) is 11.9. The molecule has 1 unspecified atom stereocenters. The summed E-state index contributed by atoms with van der Waals surface area (Å²) in [5.74, 6) is 0.943. The van der Waals surface area contributed by atoms with E-state index in [0.29, 0.717) is 30.2 Å². The molecule has 0 aliphatic carbocycles. The standard InChI is InChI=1S/C12H22N4O2S/c1-3-19(18)8-6-14-12(17)11-9-15-16(10(11)2)7-4-5-13/h9H,3-8,13H2,1-2H3,(H,14,17). The predicted molar refractivity (Wildman–Crippen MR) is 76.5 cm³/mol. The zero-order valence-electron chi connectivity index (χ0n) is 11.5. The number of carbonyl (C=O) groups is 1. The molecule has 1 rings (SSSR count). The summed E-state index contributed by atoms with van der Waals surface area (Å²) in [6, 6.07) is 0. The molecule has 0 spiro atoms. The Bertz CT molecular complexity index is 445. The summed E-state index contributed by atoms with van der Waals surface area (Å²) < 4.78 is 13.0. The summed E-state index contributed by atoms with van der Waals surface area (Å²) in [5.41, 5.74) is 6.86. The van der Waals surface area contributed by atoms with Crippen LogP contribution in [0.25, 0.3) is 0 Å². The van der Waals surface area contributed by atoms with E-state index in [1.165, 1.54) is 0 Å². The van der Waals surface area contributed by atoms with E-state index in [0.717, 1.165) is 18.7 Å². The van der Waals surface area contributed by atoms with E-state index in [4.69, 9.17) is 5.73 Å². The monoisotopic (exact) mass is 286 g/mol. The molecule has 0 aliphatic rings. The largest absolute Gasteiger partial charge is 0.351 e. The lowest BCUT2D eigenvalue weighted by molar-refractivity contribution is 0.0955. The van der Waals surface area contributed by atoms with Crippen molar-refractivity contribution in [3.05, 3.63) is 17.5 Å². The predicted octanol–water partition coefficient (Wildman–Crippen LogP) is 0.0387. The first-order valence-corrected chi connectivity index (χ1v) is 7.94. The van der Waals surface area contributed by atoms with Crippen molar-refractivity contribution in [3.8, 4) is 0 Å². The molecular formula is C12H22N4O2S. The van der Waals surface area contributed by atoms with E-state index < -0.39 is 10.8 Å². The number of nitrogens with two attached hydrogens (primary N) is 1. The highest BCUT2D eigenvalue weighted by Crippen LogP contribution is 2.07. The normalized spacial score (nSPS) is 12.4. The van der Waals surface area contributed by atoms with E-state index in [2.05, 4.69) is 10.4 Å². The first-order valence-electron chi connectivity index (χ1n) is 6.45. The molecule has 0 fully saturated rings. The number of aromatic nitrogens is 2. The Kier molecular flexibility index (Phi) is 6.72. The third kappa shape index (κ3) is 4.76. The van der Waals surface area contributed by atoms with E-state index in [1.54, 1.807) is 10.9 Å². The Labute approximate surface area is 116 Å². The van der Waals surface area contributed by atoms with Crippen molar-refractivity contribution in [3.63, 3.8) is 0 Å². The van der Waals surface area contributed by atoms with Crippen molar-refractivity contribution < 1.29 is 9.00 Å². The smallest absolute Gasteiger partial charge is 0.254 e. The number of carbonyl (C=O) groups excluding carboxylic acids is 1. The van der Waals surface area contributed by atoms with Gasteiger partial charge in [0, 0.05) is 41.1 Å². The van der Waals surface area contributed by atoms with Crippen molar-refractivity contribution in [1.82, 2.24) is 15.1 Å². The minimum atomic E-state index is -0.854. The van der Waals surface area contributed by atoms with Crippen molar-refractivity contribution in [2.75, 3.05) is 24.6 Å². The SMILES string of the molecule is CCS(=O)CCNC(=O)c1cnn(CCCN)c1C. The highest BCUT2D eigenvalue weighted by molar-refractivity contribution is 7.84. The highest BCUT2D eigenvalue weighted by atomic mass is 32.2. The molecule has 0 aliphatic heterocycles. The second-order valence-electron chi connectivity index (χ2n) is 4.20. The molecule has 7 heteroatoms. The van der Waals surface area contributed by atoms with Crippen LogP contribution in [-0.4, -0.2) is 44.5 Å². The summed E-state index contributed by atoms with van der Waals surface area (Å²) in [7, 11) is -0.854. The molecule has 3 N–H and O–H groups in total. The van der Waals surface area contributed by atoms with Gasteiger partial charge in [0.15, 0.2) is 0 Å². The van der Waals surface area contributed by atoms with Crippen LogP contribution in [0.3, 0.4) is 0 Å². The van der Waals surface area contributed by atoms with Crippen LogP contribution in [0.2, 0.25) is 0 Å². The fourth-order valence-electron chi connectivity index (χ4n) is 1.65. The van der Waals surface area contributed by atoms with Gasteiger partial charge >= 0.3 is 0 Å². The second kappa shape index (κ2) is 8.06. The topological polar surface area (TPSA) is 90.0 Å². The maximum absolute atomic E-state index is 11.9. The Morgan fingerprint density at radius 1 is 1.58 bits per heavy atom. The molecule has 0 radical (unpaired) electrons. The van der Waals surface area contributed by atoms with Crippen LogP contribution in [0.1, 0.15) is 29.4 Å². The molecule has 1 amide bonds. The molecule has 0 aromatic carbocycles. The van der Waals surface area contributed by atoms with Gasteiger partial charge in [-0.2, -0.15) is 5.10 Å². The lowest BCUT2D eigenvalue weighted by Crippen LogP contribution is -2.28. The molecule has 0 bridgehead atoms. The van der Waals surface area contributed by atoms with Crippen LogP contribution >= 0.6 is 0 Å². The van der Waals surface area contributed by atoms with Gasteiger partial charge in [-0.3, -0.25) is 13.7 Å². The summed E-state index contributed by atoms with van der Waals surface area (Å²) in [6.07, 6.45) is 2.40. The van der Waals surface area contributed by atoms with Gasteiger partial charge in [0.25, 0.3) is 5.91 Å². The lowest BCUT2D eigenvalue weighted by atomic mass is 10.2. The van der Waals surface area contributed by atoms with Gasteiger partial charge in [0.1, 0.15) is 0 Å². The Balaban J connectivity index is 2.52. The maximum atomic E-state index is 11.9. The second-order valence-corrected chi connectivity index (χ2v) is 6.06. The van der Waals surface area contributed by atoms with Crippen molar-refractivity contribution >= 4 is 16.7 Å². The van der Waals surface area contributed by atoms with Crippen LogP contribution in [0, 0.1) is 6.92 Å². The summed E-state index contributed by atoms with van der Waals surface area (Å²) >= 11 is 0. The number of hydrogen-bond acceptors (Lipinski definition) is 4. The fourth-order valence-corrected chi connectivity index (χ4v) is 2.27. The number of rotatable bonds is 8. The van der Waals surface area contributed by atoms with Crippen LogP contribution in [0.5, 0.6) is 0 Å². The third-order valence-corrected chi connectivity index (χ3v) is 4.16. The van der Waals surface area contributed by atoms with Crippen molar-refractivity contribution in [1.29, 1.82) is 0 Å². The van der Waals surface area contributed by atoms with E-state index in [9.17, 15) is 9.00 Å².